The molecule has 6 nitrogen and oxygen atoms in total. The predicted molar refractivity (Wildman–Crippen MR) is 87.2 cm³/mol. The molecule has 0 aliphatic rings. The fraction of sp³-hybridized carbons (Fsp3) is 0.0625. The Hall–Kier alpha value is -2.80. The van der Waals surface area contributed by atoms with Crippen LogP contribution in [0.15, 0.2) is 64.2 Å². The molecule has 116 valence electrons. The number of anilines is 1. The Balaban J connectivity index is 1.59. The molecule has 0 radical (unpaired) electrons. The fourth-order valence-electron chi connectivity index (χ4n) is 1.88. The van der Waals surface area contributed by atoms with Crippen molar-refractivity contribution in [3.63, 3.8) is 0 Å². The standard InChI is InChI=1S/C16H13N3O3S/c20-13-9-5-4-8-12(13)15-18-19-16(22-15)23-10-14(21)17-11-6-2-1-3-7-11/h1-9,20H,10H2,(H,17,21). The molecule has 0 aliphatic heterocycles. The van der Waals surface area contributed by atoms with Crippen LogP contribution < -0.4 is 5.32 Å². The van der Waals surface area contributed by atoms with E-state index >= 15 is 0 Å². The zero-order valence-corrected chi connectivity index (χ0v) is 12.8. The summed E-state index contributed by atoms with van der Waals surface area (Å²) in [5.41, 5.74) is 1.19. The first-order valence-electron chi connectivity index (χ1n) is 6.82. The molecule has 7 heteroatoms. The minimum atomic E-state index is -0.163. The van der Waals surface area contributed by atoms with Gasteiger partial charge in [-0.15, -0.1) is 10.2 Å². The first-order valence-corrected chi connectivity index (χ1v) is 7.80. The van der Waals surface area contributed by atoms with Crippen molar-refractivity contribution in [3.05, 3.63) is 54.6 Å². The van der Waals surface area contributed by atoms with Gasteiger partial charge in [0, 0.05) is 5.69 Å². The number of carbonyl (C=O) groups excluding carboxylic acids is 1. The van der Waals surface area contributed by atoms with Crippen molar-refractivity contribution in [1.29, 1.82) is 0 Å². The number of hydrogen-bond donors (Lipinski definition) is 2. The van der Waals surface area contributed by atoms with Crippen molar-refractivity contribution in [1.82, 2.24) is 10.2 Å². The summed E-state index contributed by atoms with van der Waals surface area (Å²) in [6, 6.07) is 15.9. The van der Waals surface area contributed by atoms with E-state index in [0.717, 1.165) is 17.4 Å². The highest BCUT2D eigenvalue weighted by molar-refractivity contribution is 7.99. The molecular weight excluding hydrogens is 314 g/mol. The van der Waals surface area contributed by atoms with Gasteiger partial charge in [0.25, 0.3) is 11.1 Å². The molecule has 23 heavy (non-hydrogen) atoms. The molecule has 0 saturated heterocycles. The molecule has 0 saturated carbocycles. The Morgan fingerprint density at radius 3 is 2.61 bits per heavy atom. The number of hydrogen-bond acceptors (Lipinski definition) is 6. The van der Waals surface area contributed by atoms with Gasteiger partial charge in [-0.25, -0.2) is 0 Å². The second-order valence-electron chi connectivity index (χ2n) is 4.59. The van der Waals surface area contributed by atoms with Gasteiger partial charge >= 0.3 is 0 Å². The predicted octanol–water partition coefficient (Wildman–Crippen LogP) is 3.17. The number of rotatable bonds is 5. The average molecular weight is 327 g/mol. The van der Waals surface area contributed by atoms with Crippen molar-refractivity contribution in [3.8, 4) is 17.2 Å². The Morgan fingerprint density at radius 2 is 1.83 bits per heavy atom. The van der Waals surface area contributed by atoms with Crippen molar-refractivity contribution < 1.29 is 14.3 Å². The van der Waals surface area contributed by atoms with E-state index in [2.05, 4.69) is 15.5 Å². The number of nitrogens with zero attached hydrogens (tertiary/aromatic N) is 2. The van der Waals surface area contributed by atoms with E-state index < -0.39 is 0 Å². The van der Waals surface area contributed by atoms with Crippen LogP contribution in [0, 0.1) is 0 Å². The highest BCUT2D eigenvalue weighted by Crippen LogP contribution is 2.29. The maximum Gasteiger partial charge on any atom is 0.277 e. The van der Waals surface area contributed by atoms with Crippen LogP contribution in [0.4, 0.5) is 5.69 Å². The van der Waals surface area contributed by atoms with Crippen LogP contribution in [0.1, 0.15) is 0 Å². The van der Waals surface area contributed by atoms with E-state index in [0.29, 0.717) is 5.56 Å². The summed E-state index contributed by atoms with van der Waals surface area (Å²) in [5.74, 6) is 0.268. The molecule has 2 aromatic carbocycles. The van der Waals surface area contributed by atoms with Gasteiger partial charge in [0.1, 0.15) is 5.75 Å². The highest BCUT2D eigenvalue weighted by atomic mass is 32.2. The molecule has 0 bridgehead atoms. The monoisotopic (exact) mass is 327 g/mol. The number of nitrogens with one attached hydrogen (secondary N) is 1. The first kappa shape index (κ1) is 15.1. The lowest BCUT2D eigenvalue weighted by molar-refractivity contribution is -0.113. The number of para-hydroxylation sites is 2. The van der Waals surface area contributed by atoms with Gasteiger partial charge in [-0.1, -0.05) is 42.1 Å². The van der Waals surface area contributed by atoms with Crippen LogP contribution in [0.25, 0.3) is 11.5 Å². The van der Waals surface area contributed by atoms with Crippen LogP contribution in [0.3, 0.4) is 0 Å². The lowest BCUT2D eigenvalue weighted by atomic mass is 10.2. The number of phenols is 1. The SMILES string of the molecule is O=C(CSc1nnc(-c2ccccc2O)o1)Nc1ccccc1. The molecule has 2 N–H and O–H groups in total. The Morgan fingerprint density at radius 1 is 1.09 bits per heavy atom. The van der Waals surface area contributed by atoms with Crippen molar-refractivity contribution >= 4 is 23.4 Å². The fourth-order valence-corrected chi connectivity index (χ4v) is 2.44. The van der Waals surface area contributed by atoms with Gasteiger partial charge in [0.05, 0.1) is 11.3 Å². The van der Waals surface area contributed by atoms with Crippen LogP contribution in [-0.4, -0.2) is 27.0 Å². The summed E-state index contributed by atoms with van der Waals surface area (Å²) in [6.45, 7) is 0. The number of benzene rings is 2. The second kappa shape index (κ2) is 6.97. The number of phenolic OH excluding ortho intramolecular Hbond substituents is 1. The van der Waals surface area contributed by atoms with Gasteiger partial charge in [-0.3, -0.25) is 4.79 Å². The van der Waals surface area contributed by atoms with Crippen LogP contribution in [-0.2, 0) is 4.79 Å². The molecule has 1 amide bonds. The van der Waals surface area contributed by atoms with E-state index in [1.807, 2.05) is 30.3 Å². The second-order valence-corrected chi connectivity index (χ2v) is 5.52. The summed E-state index contributed by atoms with van der Waals surface area (Å²) in [4.78, 5) is 11.9. The third-order valence-corrected chi connectivity index (χ3v) is 3.74. The van der Waals surface area contributed by atoms with Crippen molar-refractivity contribution in [2.24, 2.45) is 0 Å². The van der Waals surface area contributed by atoms with Crippen LogP contribution in [0.2, 0.25) is 0 Å². The molecule has 0 atom stereocenters. The van der Waals surface area contributed by atoms with E-state index in [-0.39, 0.29) is 28.5 Å². The molecular formula is C16H13N3O3S. The maximum absolute atomic E-state index is 11.9. The number of thioether (sulfide) groups is 1. The molecule has 0 spiro atoms. The summed E-state index contributed by atoms with van der Waals surface area (Å²) < 4.78 is 5.45. The van der Waals surface area contributed by atoms with Crippen molar-refractivity contribution in [2.45, 2.75) is 5.22 Å². The molecule has 0 unspecified atom stereocenters. The third-order valence-electron chi connectivity index (χ3n) is 2.93. The van der Waals surface area contributed by atoms with E-state index in [1.165, 1.54) is 0 Å². The van der Waals surface area contributed by atoms with Crippen LogP contribution in [0.5, 0.6) is 5.75 Å². The highest BCUT2D eigenvalue weighted by Gasteiger charge is 2.13. The number of amides is 1. The van der Waals surface area contributed by atoms with Gasteiger partial charge in [0.15, 0.2) is 0 Å². The minimum absolute atomic E-state index is 0.0644. The number of aromatic hydroxyl groups is 1. The van der Waals surface area contributed by atoms with Gasteiger partial charge in [-0.2, -0.15) is 0 Å². The topological polar surface area (TPSA) is 88.2 Å². The van der Waals surface area contributed by atoms with Crippen LogP contribution >= 0.6 is 11.8 Å². The minimum Gasteiger partial charge on any atom is -0.507 e. The van der Waals surface area contributed by atoms with E-state index in [1.54, 1.807) is 24.3 Å². The summed E-state index contributed by atoms with van der Waals surface area (Å²) in [6.07, 6.45) is 0. The zero-order chi connectivity index (χ0) is 16.1. The molecule has 0 fully saturated rings. The quantitative estimate of drug-likeness (QED) is 0.700. The van der Waals surface area contributed by atoms with E-state index in [9.17, 15) is 9.90 Å². The van der Waals surface area contributed by atoms with Crippen molar-refractivity contribution in [2.75, 3.05) is 11.1 Å². The Kier molecular flexibility index (Phi) is 4.58. The lowest BCUT2D eigenvalue weighted by Gasteiger charge is -2.02. The van der Waals surface area contributed by atoms with Gasteiger partial charge < -0.3 is 14.8 Å². The largest absolute Gasteiger partial charge is 0.507 e. The van der Waals surface area contributed by atoms with Gasteiger partial charge in [0.2, 0.25) is 5.91 Å². The third kappa shape index (κ3) is 3.89. The van der Waals surface area contributed by atoms with E-state index in [4.69, 9.17) is 4.42 Å². The lowest BCUT2D eigenvalue weighted by Crippen LogP contribution is -2.13. The molecule has 0 aliphatic carbocycles. The normalized spacial score (nSPS) is 10.4. The smallest absolute Gasteiger partial charge is 0.277 e. The summed E-state index contributed by atoms with van der Waals surface area (Å²) in [5, 5.41) is 20.5. The number of carbonyl (C=O) groups is 1. The molecule has 3 rings (SSSR count). The summed E-state index contributed by atoms with van der Waals surface area (Å²) in [7, 11) is 0. The van der Waals surface area contributed by atoms with Gasteiger partial charge in [-0.05, 0) is 24.3 Å². The molecule has 3 aromatic rings. The zero-order valence-electron chi connectivity index (χ0n) is 12.0. The Labute approximate surface area is 136 Å². The molecule has 1 aromatic heterocycles. The average Bonchev–Trinajstić information content (AvgIpc) is 3.03. The first-order chi connectivity index (χ1) is 11.2. The maximum atomic E-state index is 11.9. The molecule has 1 heterocycles. The Bertz CT molecular complexity index is 805. The number of aromatic nitrogens is 2. The summed E-state index contributed by atoms with van der Waals surface area (Å²) >= 11 is 1.14.